The van der Waals surface area contributed by atoms with E-state index in [9.17, 15) is 9.18 Å². The van der Waals surface area contributed by atoms with Crippen LogP contribution in [0.15, 0.2) is 36.8 Å². The number of aryl methyl sites for hydroxylation is 1. The van der Waals surface area contributed by atoms with Crippen molar-refractivity contribution < 1.29 is 14.0 Å². The Balaban J connectivity index is 2.15. The smallest absolute Gasteiger partial charge is 0.278 e. The largest absolute Gasteiger partial charge is 0.352 e. The fourth-order valence-electron chi connectivity index (χ4n) is 2.55. The van der Waals surface area contributed by atoms with Crippen LogP contribution in [0.2, 0.25) is 0 Å². The molecule has 0 saturated heterocycles. The summed E-state index contributed by atoms with van der Waals surface area (Å²) in [6.45, 7) is 1.91. The number of anilines is 2. The van der Waals surface area contributed by atoms with Crippen LogP contribution in [-0.2, 0) is 4.84 Å². The number of fused-ring (bicyclic) bond motifs is 1. The maximum absolute atomic E-state index is 14.9. The highest BCUT2D eigenvalue weighted by molar-refractivity contribution is 6.32. The number of halogens is 1. The number of nitrogens with one attached hydrogen (secondary N) is 2. The van der Waals surface area contributed by atoms with E-state index in [1.165, 1.54) is 23.9 Å². The molecule has 0 unspecified atom stereocenters. The van der Waals surface area contributed by atoms with Gasteiger partial charge in [-0.05, 0) is 18.6 Å². The van der Waals surface area contributed by atoms with Gasteiger partial charge in [0.15, 0.2) is 11.5 Å². The summed E-state index contributed by atoms with van der Waals surface area (Å²) in [5, 5.41) is 3.01. The maximum atomic E-state index is 14.9. The lowest BCUT2D eigenvalue weighted by Gasteiger charge is -2.15. The number of hydrogen-bond donors (Lipinski definition) is 2. The van der Waals surface area contributed by atoms with Crippen LogP contribution in [0, 0.1) is 12.7 Å². The molecule has 0 bridgehead atoms. The zero-order valence-corrected chi connectivity index (χ0v) is 13.6. The second kappa shape index (κ2) is 6.33. The lowest BCUT2D eigenvalue weighted by atomic mass is 9.94. The summed E-state index contributed by atoms with van der Waals surface area (Å²) in [5.41, 5.74) is 5.26. The zero-order valence-electron chi connectivity index (χ0n) is 13.6. The van der Waals surface area contributed by atoms with E-state index in [1.807, 2.05) is 33.0 Å². The number of hydrogen-bond acceptors (Lipinski definition) is 4. The first-order chi connectivity index (χ1) is 11.5. The highest BCUT2D eigenvalue weighted by Gasteiger charge is 2.20. The van der Waals surface area contributed by atoms with Gasteiger partial charge in [0.1, 0.15) is 7.85 Å². The molecule has 2 N–H and O–H groups in total. The molecule has 8 heteroatoms. The minimum Gasteiger partial charge on any atom is -0.352 e. The third-order valence-electron chi connectivity index (χ3n) is 3.70. The number of nitrogens with zero attached hydrogens (tertiary/aromatic N) is 2. The molecule has 0 aliphatic rings. The second-order valence-electron chi connectivity index (χ2n) is 5.47. The van der Waals surface area contributed by atoms with Crippen molar-refractivity contribution in [1.29, 1.82) is 0 Å². The second-order valence-corrected chi connectivity index (χ2v) is 5.47. The van der Waals surface area contributed by atoms with Crippen molar-refractivity contribution in [3.8, 4) is 0 Å². The first-order valence-corrected chi connectivity index (χ1v) is 7.34. The molecule has 0 aliphatic heterocycles. The highest BCUT2D eigenvalue weighted by atomic mass is 19.1. The molecule has 0 atom stereocenters. The Morgan fingerprint density at radius 2 is 2.21 bits per heavy atom. The normalized spacial score (nSPS) is 10.8. The van der Waals surface area contributed by atoms with Crippen LogP contribution in [0.3, 0.4) is 0 Å². The Labute approximate surface area is 139 Å². The summed E-state index contributed by atoms with van der Waals surface area (Å²) in [5.74, 6) is -1.16. The van der Waals surface area contributed by atoms with Gasteiger partial charge in [-0.2, -0.15) is 0 Å². The Morgan fingerprint density at radius 3 is 2.92 bits per heavy atom. The summed E-state index contributed by atoms with van der Waals surface area (Å²) in [4.78, 5) is 20.9. The van der Waals surface area contributed by atoms with Crippen LogP contribution in [-0.4, -0.2) is 30.2 Å². The van der Waals surface area contributed by atoms with Gasteiger partial charge in [0.05, 0.1) is 18.4 Å². The van der Waals surface area contributed by atoms with Crippen LogP contribution >= 0.6 is 0 Å². The van der Waals surface area contributed by atoms with E-state index in [2.05, 4.69) is 20.6 Å². The molecule has 0 radical (unpaired) electrons. The van der Waals surface area contributed by atoms with Gasteiger partial charge in [-0.3, -0.25) is 9.63 Å². The molecule has 24 heavy (non-hydrogen) atoms. The van der Waals surface area contributed by atoms with E-state index in [0.717, 1.165) is 11.0 Å². The predicted octanol–water partition coefficient (Wildman–Crippen LogP) is 1.08. The molecule has 2 heterocycles. The van der Waals surface area contributed by atoms with E-state index in [-0.39, 0.29) is 16.9 Å². The van der Waals surface area contributed by atoms with Gasteiger partial charge in [0, 0.05) is 24.3 Å². The van der Waals surface area contributed by atoms with Gasteiger partial charge in [-0.1, -0.05) is 17.6 Å². The summed E-state index contributed by atoms with van der Waals surface area (Å²) in [6.07, 6.45) is 4.55. The number of carbonyl (C=O) groups is 1. The molecule has 3 aromatic rings. The molecule has 0 saturated carbocycles. The van der Waals surface area contributed by atoms with Gasteiger partial charge >= 0.3 is 0 Å². The summed E-state index contributed by atoms with van der Waals surface area (Å²) in [7, 11) is 3.30. The van der Waals surface area contributed by atoms with Crippen molar-refractivity contribution in [2.24, 2.45) is 0 Å². The quantitative estimate of drug-likeness (QED) is 0.556. The number of hydroxylamine groups is 1. The van der Waals surface area contributed by atoms with E-state index < -0.39 is 11.7 Å². The number of imidazole rings is 1. The van der Waals surface area contributed by atoms with Crippen LogP contribution in [0.1, 0.15) is 15.9 Å². The van der Waals surface area contributed by atoms with E-state index in [1.54, 1.807) is 6.20 Å². The predicted molar refractivity (Wildman–Crippen MR) is 92.3 cm³/mol. The van der Waals surface area contributed by atoms with Crippen LogP contribution < -0.4 is 16.3 Å². The fourth-order valence-corrected chi connectivity index (χ4v) is 2.55. The van der Waals surface area contributed by atoms with Gasteiger partial charge in [0.25, 0.3) is 5.91 Å². The number of pyridine rings is 1. The summed E-state index contributed by atoms with van der Waals surface area (Å²) in [6, 6.07) is 5.73. The van der Waals surface area contributed by atoms with E-state index >= 15 is 0 Å². The van der Waals surface area contributed by atoms with E-state index in [0.29, 0.717) is 5.69 Å². The van der Waals surface area contributed by atoms with Crippen molar-refractivity contribution in [3.05, 3.63) is 53.7 Å². The number of rotatable bonds is 4. The molecule has 0 spiro atoms. The standard InChI is InChI=1S/C16H16BFN4O2/c1-9-7-10(17)3-4-12(9)20-14-11(16(23)21-24-2)8-22-6-5-19-15(22)13(14)18/h3-8,20H,17H2,1-2H3,(H,21,23). The number of benzene rings is 1. The Morgan fingerprint density at radius 1 is 1.42 bits per heavy atom. The van der Waals surface area contributed by atoms with Crippen molar-refractivity contribution in [2.45, 2.75) is 6.92 Å². The van der Waals surface area contributed by atoms with Crippen molar-refractivity contribution in [3.63, 3.8) is 0 Å². The molecule has 122 valence electrons. The first-order valence-electron chi connectivity index (χ1n) is 7.34. The minimum absolute atomic E-state index is 0.0511. The first kappa shape index (κ1) is 16.0. The average Bonchev–Trinajstić information content (AvgIpc) is 3.01. The van der Waals surface area contributed by atoms with Crippen molar-refractivity contribution in [1.82, 2.24) is 14.9 Å². The monoisotopic (exact) mass is 326 g/mol. The van der Waals surface area contributed by atoms with Gasteiger partial charge < -0.3 is 9.72 Å². The third-order valence-corrected chi connectivity index (χ3v) is 3.70. The zero-order chi connectivity index (χ0) is 17.3. The van der Waals surface area contributed by atoms with Crippen LogP contribution in [0.5, 0.6) is 0 Å². The lowest BCUT2D eigenvalue weighted by Crippen LogP contribution is -2.24. The fraction of sp³-hybridized carbons (Fsp3) is 0.125. The van der Waals surface area contributed by atoms with E-state index in [4.69, 9.17) is 0 Å². The number of aromatic nitrogens is 2. The maximum Gasteiger partial charge on any atom is 0.278 e. The topological polar surface area (TPSA) is 67.7 Å². The molecule has 1 aromatic carbocycles. The lowest BCUT2D eigenvalue weighted by molar-refractivity contribution is 0.0538. The molecule has 3 rings (SSSR count). The molecule has 2 aromatic heterocycles. The van der Waals surface area contributed by atoms with Crippen LogP contribution in [0.25, 0.3) is 5.65 Å². The molecular formula is C16H16BFN4O2. The average molecular weight is 326 g/mol. The van der Waals surface area contributed by atoms with Crippen molar-refractivity contribution in [2.75, 3.05) is 12.4 Å². The summed E-state index contributed by atoms with van der Waals surface area (Å²) >= 11 is 0. The number of carbonyl (C=O) groups excluding carboxylic acids is 1. The number of amides is 1. The molecular weight excluding hydrogens is 310 g/mol. The van der Waals surface area contributed by atoms with Crippen LogP contribution in [0.4, 0.5) is 15.8 Å². The molecule has 0 fully saturated rings. The summed E-state index contributed by atoms with van der Waals surface area (Å²) < 4.78 is 16.3. The molecule has 1 amide bonds. The molecule has 0 aliphatic carbocycles. The Kier molecular flexibility index (Phi) is 4.22. The third kappa shape index (κ3) is 2.83. The minimum atomic E-state index is -0.608. The highest BCUT2D eigenvalue weighted by Crippen LogP contribution is 2.28. The van der Waals surface area contributed by atoms with Gasteiger partial charge in [0.2, 0.25) is 0 Å². The molecule has 6 nitrogen and oxygen atoms in total. The Hall–Kier alpha value is -2.87. The Bertz CT molecular complexity index is 926. The van der Waals surface area contributed by atoms with Gasteiger partial charge in [-0.25, -0.2) is 14.9 Å². The van der Waals surface area contributed by atoms with Crippen molar-refractivity contribution >= 4 is 36.2 Å². The van der Waals surface area contributed by atoms with Gasteiger partial charge in [-0.15, -0.1) is 0 Å². The SMILES string of the molecule is Bc1ccc(Nc2c(C(=O)NOC)cn3ccnc3c2F)c(C)c1.